The van der Waals surface area contributed by atoms with Crippen molar-refractivity contribution < 1.29 is 5.11 Å². The van der Waals surface area contributed by atoms with E-state index in [-0.39, 0.29) is 6.04 Å². The summed E-state index contributed by atoms with van der Waals surface area (Å²) in [6.45, 7) is 2.75. The number of nitrogens with zero attached hydrogens (tertiary/aromatic N) is 1. The van der Waals surface area contributed by atoms with Crippen molar-refractivity contribution in [3.8, 4) is 0 Å². The van der Waals surface area contributed by atoms with E-state index in [1.165, 1.54) is 11.3 Å². The van der Waals surface area contributed by atoms with Crippen LogP contribution in [0.5, 0.6) is 0 Å². The molecule has 0 radical (unpaired) electrons. The summed E-state index contributed by atoms with van der Waals surface area (Å²) in [4.78, 5) is 2.08. The smallest absolute Gasteiger partial charge is 0.0940 e. The summed E-state index contributed by atoms with van der Waals surface area (Å²) in [5.41, 5.74) is 3.35. The van der Waals surface area contributed by atoms with Crippen molar-refractivity contribution in [1.29, 1.82) is 0 Å². The maximum atomic E-state index is 10.3. The maximum Gasteiger partial charge on any atom is 0.0940 e. The molecule has 21 heavy (non-hydrogen) atoms. The van der Waals surface area contributed by atoms with Crippen LogP contribution < -0.4 is 10.2 Å². The van der Waals surface area contributed by atoms with Crippen molar-refractivity contribution >= 4 is 5.69 Å². The standard InChI is InChI=1S/C18H24N2O/c1-14(18(21)16-7-5-4-6-8-16)19-13-15-9-11-17(12-10-15)20(2)3/h4-12,14,18-19,21H,13H2,1-3H3/t14-,18-/m1/s1. The molecule has 3 heteroatoms. The predicted molar refractivity (Wildman–Crippen MR) is 88.5 cm³/mol. The average Bonchev–Trinajstić information content (AvgIpc) is 2.53. The fourth-order valence-electron chi connectivity index (χ4n) is 2.24. The van der Waals surface area contributed by atoms with Crippen LogP contribution >= 0.6 is 0 Å². The highest BCUT2D eigenvalue weighted by atomic mass is 16.3. The van der Waals surface area contributed by atoms with Gasteiger partial charge >= 0.3 is 0 Å². The lowest BCUT2D eigenvalue weighted by molar-refractivity contribution is 0.135. The molecule has 3 nitrogen and oxygen atoms in total. The molecule has 0 aliphatic carbocycles. The maximum absolute atomic E-state index is 10.3. The number of aliphatic hydroxyl groups is 1. The Morgan fingerprint density at radius 1 is 1.00 bits per heavy atom. The Bertz CT molecular complexity index is 537. The molecule has 0 aromatic heterocycles. The average molecular weight is 284 g/mol. The van der Waals surface area contributed by atoms with Gasteiger partial charge in [0.15, 0.2) is 0 Å². The van der Waals surface area contributed by atoms with E-state index in [0.29, 0.717) is 0 Å². The van der Waals surface area contributed by atoms with E-state index in [2.05, 4.69) is 34.5 Å². The van der Waals surface area contributed by atoms with Gasteiger partial charge in [-0.1, -0.05) is 42.5 Å². The van der Waals surface area contributed by atoms with Gasteiger partial charge in [-0.05, 0) is 30.2 Å². The van der Waals surface area contributed by atoms with E-state index < -0.39 is 6.10 Å². The first-order valence-corrected chi connectivity index (χ1v) is 7.30. The summed E-state index contributed by atoms with van der Waals surface area (Å²) < 4.78 is 0. The number of hydrogen-bond acceptors (Lipinski definition) is 3. The molecule has 2 rings (SSSR count). The zero-order chi connectivity index (χ0) is 15.2. The first kappa shape index (κ1) is 15.5. The Hall–Kier alpha value is -1.84. The largest absolute Gasteiger partial charge is 0.387 e. The van der Waals surface area contributed by atoms with Gasteiger partial charge in [0.05, 0.1) is 6.10 Å². The third-order valence-electron chi connectivity index (χ3n) is 3.70. The van der Waals surface area contributed by atoms with Crippen LogP contribution in [0.25, 0.3) is 0 Å². The minimum atomic E-state index is -0.493. The molecule has 0 aliphatic rings. The lowest BCUT2D eigenvalue weighted by Gasteiger charge is -2.21. The van der Waals surface area contributed by atoms with E-state index in [1.54, 1.807) is 0 Å². The van der Waals surface area contributed by atoms with E-state index in [1.807, 2.05) is 51.4 Å². The summed E-state index contributed by atoms with van der Waals surface area (Å²) in [5, 5.41) is 13.7. The number of rotatable bonds is 6. The highest BCUT2D eigenvalue weighted by molar-refractivity contribution is 5.45. The van der Waals surface area contributed by atoms with Gasteiger partial charge in [0.1, 0.15) is 0 Å². The molecular weight excluding hydrogens is 260 g/mol. The molecule has 0 fully saturated rings. The number of benzene rings is 2. The van der Waals surface area contributed by atoms with Crippen molar-refractivity contribution in [2.45, 2.75) is 25.6 Å². The van der Waals surface area contributed by atoms with Gasteiger partial charge in [0.25, 0.3) is 0 Å². The third kappa shape index (κ3) is 4.31. The van der Waals surface area contributed by atoms with Gasteiger partial charge in [-0.2, -0.15) is 0 Å². The Morgan fingerprint density at radius 3 is 2.19 bits per heavy atom. The van der Waals surface area contributed by atoms with Crippen LogP contribution in [-0.2, 0) is 6.54 Å². The highest BCUT2D eigenvalue weighted by Crippen LogP contribution is 2.17. The number of aliphatic hydroxyl groups excluding tert-OH is 1. The Morgan fingerprint density at radius 2 is 1.62 bits per heavy atom. The molecule has 2 N–H and O–H groups in total. The fraction of sp³-hybridized carbons (Fsp3) is 0.333. The van der Waals surface area contributed by atoms with Gasteiger partial charge in [-0.3, -0.25) is 0 Å². The molecule has 2 atom stereocenters. The van der Waals surface area contributed by atoms with Crippen LogP contribution in [-0.4, -0.2) is 25.2 Å². The number of nitrogens with one attached hydrogen (secondary N) is 1. The normalized spacial score (nSPS) is 13.7. The lowest BCUT2D eigenvalue weighted by atomic mass is 10.0. The lowest BCUT2D eigenvalue weighted by Crippen LogP contribution is -2.31. The van der Waals surface area contributed by atoms with Crippen LogP contribution in [0.2, 0.25) is 0 Å². The van der Waals surface area contributed by atoms with E-state index in [4.69, 9.17) is 0 Å². The zero-order valence-corrected chi connectivity index (χ0v) is 13.0. The summed E-state index contributed by atoms with van der Waals surface area (Å²) >= 11 is 0. The SMILES string of the molecule is C[C@@H](NCc1ccc(N(C)C)cc1)[C@@H](O)c1ccccc1. The van der Waals surface area contributed by atoms with E-state index in [0.717, 1.165) is 12.1 Å². The summed E-state index contributed by atoms with van der Waals surface area (Å²) in [6.07, 6.45) is -0.493. The van der Waals surface area contributed by atoms with Crippen LogP contribution in [0.15, 0.2) is 54.6 Å². The first-order chi connectivity index (χ1) is 10.1. The van der Waals surface area contributed by atoms with Gasteiger partial charge in [0.2, 0.25) is 0 Å². The van der Waals surface area contributed by atoms with Gasteiger partial charge in [-0.15, -0.1) is 0 Å². The van der Waals surface area contributed by atoms with Crippen molar-refractivity contribution in [2.75, 3.05) is 19.0 Å². The molecule has 0 amide bonds. The summed E-state index contributed by atoms with van der Waals surface area (Å²) in [7, 11) is 4.07. The summed E-state index contributed by atoms with van der Waals surface area (Å²) in [5.74, 6) is 0. The molecule has 0 heterocycles. The van der Waals surface area contributed by atoms with Crippen molar-refractivity contribution in [3.05, 3.63) is 65.7 Å². The molecule has 112 valence electrons. The van der Waals surface area contributed by atoms with Crippen LogP contribution in [0.3, 0.4) is 0 Å². The second-order valence-electron chi connectivity index (χ2n) is 5.59. The molecule has 0 spiro atoms. The van der Waals surface area contributed by atoms with Crippen molar-refractivity contribution in [3.63, 3.8) is 0 Å². The molecule has 2 aromatic carbocycles. The predicted octanol–water partition coefficient (Wildman–Crippen LogP) is 2.96. The Balaban J connectivity index is 1.90. The van der Waals surface area contributed by atoms with Gasteiger partial charge in [0, 0.05) is 32.4 Å². The molecule has 0 saturated carbocycles. The van der Waals surface area contributed by atoms with Gasteiger partial charge < -0.3 is 15.3 Å². The molecule has 0 unspecified atom stereocenters. The number of anilines is 1. The summed E-state index contributed by atoms with van der Waals surface area (Å²) in [6, 6.07) is 18.2. The highest BCUT2D eigenvalue weighted by Gasteiger charge is 2.15. The number of hydrogen-bond donors (Lipinski definition) is 2. The minimum absolute atomic E-state index is 0.000857. The second kappa shape index (κ2) is 7.25. The molecule has 0 saturated heterocycles. The molecule has 0 bridgehead atoms. The van der Waals surface area contributed by atoms with Crippen molar-refractivity contribution in [1.82, 2.24) is 5.32 Å². The van der Waals surface area contributed by atoms with Gasteiger partial charge in [-0.25, -0.2) is 0 Å². The van der Waals surface area contributed by atoms with Crippen LogP contribution in [0.4, 0.5) is 5.69 Å². The fourth-order valence-corrected chi connectivity index (χ4v) is 2.24. The monoisotopic (exact) mass is 284 g/mol. The van der Waals surface area contributed by atoms with Crippen LogP contribution in [0, 0.1) is 0 Å². The Kier molecular flexibility index (Phi) is 5.37. The first-order valence-electron chi connectivity index (χ1n) is 7.30. The topological polar surface area (TPSA) is 35.5 Å². The van der Waals surface area contributed by atoms with Crippen molar-refractivity contribution in [2.24, 2.45) is 0 Å². The molecule has 2 aromatic rings. The Labute approximate surface area is 127 Å². The quantitative estimate of drug-likeness (QED) is 0.856. The van der Waals surface area contributed by atoms with E-state index in [9.17, 15) is 5.11 Å². The third-order valence-corrected chi connectivity index (χ3v) is 3.70. The second-order valence-corrected chi connectivity index (χ2v) is 5.59. The van der Waals surface area contributed by atoms with Crippen LogP contribution in [0.1, 0.15) is 24.2 Å². The molecule has 0 aliphatic heterocycles. The molecular formula is C18H24N2O. The minimum Gasteiger partial charge on any atom is -0.387 e. The zero-order valence-electron chi connectivity index (χ0n) is 13.0. The van der Waals surface area contributed by atoms with E-state index >= 15 is 0 Å².